The Bertz CT molecular complexity index is 510. The van der Waals surface area contributed by atoms with Crippen molar-refractivity contribution in [2.45, 2.75) is 38.7 Å². The number of halogens is 1. The van der Waals surface area contributed by atoms with Gasteiger partial charge in [-0.15, -0.1) is 0 Å². The Morgan fingerprint density at radius 2 is 2.00 bits per heavy atom. The zero-order valence-electron chi connectivity index (χ0n) is 13.4. The molecule has 1 heterocycles. The Labute approximate surface area is 130 Å². The second kappa shape index (κ2) is 6.65. The van der Waals surface area contributed by atoms with Gasteiger partial charge in [-0.1, -0.05) is 12.1 Å². The van der Waals surface area contributed by atoms with Gasteiger partial charge in [-0.25, -0.2) is 9.18 Å². The predicted molar refractivity (Wildman–Crippen MR) is 82.1 cm³/mol. The van der Waals surface area contributed by atoms with Crippen LogP contribution < -0.4 is 0 Å². The molecule has 4 nitrogen and oxygen atoms in total. The van der Waals surface area contributed by atoms with Gasteiger partial charge >= 0.3 is 6.09 Å². The molecule has 1 aromatic carbocycles. The van der Waals surface area contributed by atoms with Gasteiger partial charge < -0.3 is 14.7 Å². The molecule has 0 aliphatic carbocycles. The molecule has 0 bridgehead atoms. The van der Waals surface area contributed by atoms with E-state index in [2.05, 4.69) is 0 Å². The fourth-order valence-corrected chi connectivity index (χ4v) is 2.86. The van der Waals surface area contributed by atoms with E-state index in [1.807, 2.05) is 20.8 Å². The van der Waals surface area contributed by atoms with Gasteiger partial charge in [0.05, 0.1) is 0 Å². The van der Waals surface area contributed by atoms with Crippen molar-refractivity contribution >= 4 is 6.09 Å². The number of hydrogen-bond donors (Lipinski definition) is 1. The Balaban J connectivity index is 2.05. The maximum Gasteiger partial charge on any atom is 0.410 e. The minimum absolute atomic E-state index is 0.0126. The van der Waals surface area contributed by atoms with E-state index >= 15 is 0 Å². The first-order chi connectivity index (χ1) is 10.3. The van der Waals surface area contributed by atoms with E-state index in [9.17, 15) is 14.3 Å². The SMILES string of the molecule is CC(C)(C)OC(=O)N1CC[C@@H](c2ccc(F)cc2)[C@@H](CO)C1. The molecule has 1 aliphatic rings. The number of likely N-dealkylation sites (tertiary alicyclic amines) is 1. The molecule has 1 N–H and O–H groups in total. The van der Waals surface area contributed by atoms with Crippen molar-refractivity contribution in [3.8, 4) is 0 Å². The van der Waals surface area contributed by atoms with Crippen LogP contribution in [0.4, 0.5) is 9.18 Å². The first-order valence-corrected chi connectivity index (χ1v) is 7.64. The fraction of sp³-hybridized carbons (Fsp3) is 0.588. The summed E-state index contributed by atoms with van der Waals surface area (Å²) < 4.78 is 18.4. The molecule has 0 unspecified atom stereocenters. The molecule has 5 heteroatoms. The third-order valence-corrected chi connectivity index (χ3v) is 3.92. The van der Waals surface area contributed by atoms with Gasteiger partial charge in [-0.3, -0.25) is 0 Å². The molecule has 1 fully saturated rings. The lowest BCUT2D eigenvalue weighted by Crippen LogP contribution is -2.46. The summed E-state index contributed by atoms with van der Waals surface area (Å²) in [6.45, 7) is 6.52. The van der Waals surface area contributed by atoms with E-state index in [1.165, 1.54) is 12.1 Å². The number of aliphatic hydroxyl groups is 1. The summed E-state index contributed by atoms with van der Waals surface area (Å²) in [6.07, 6.45) is 0.388. The normalized spacial score (nSPS) is 22.5. The van der Waals surface area contributed by atoms with E-state index in [4.69, 9.17) is 4.74 Å². The van der Waals surface area contributed by atoms with Crippen LogP contribution in [0.25, 0.3) is 0 Å². The van der Waals surface area contributed by atoms with Gasteiger partial charge in [0.2, 0.25) is 0 Å². The molecule has 2 atom stereocenters. The molecule has 1 aromatic rings. The highest BCUT2D eigenvalue weighted by atomic mass is 19.1. The van der Waals surface area contributed by atoms with Crippen molar-refractivity contribution in [2.75, 3.05) is 19.7 Å². The van der Waals surface area contributed by atoms with Crippen molar-refractivity contribution in [3.63, 3.8) is 0 Å². The lowest BCUT2D eigenvalue weighted by atomic mass is 9.81. The molecule has 0 saturated carbocycles. The van der Waals surface area contributed by atoms with E-state index in [0.29, 0.717) is 13.1 Å². The summed E-state index contributed by atoms with van der Waals surface area (Å²) in [6, 6.07) is 6.38. The minimum Gasteiger partial charge on any atom is -0.444 e. The number of nitrogens with zero attached hydrogens (tertiary/aromatic N) is 1. The second-order valence-corrected chi connectivity index (χ2v) is 6.82. The zero-order chi connectivity index (χ0) is 16.3. The van der Waals surface area contributed by atoms with Crippen LogP contribution in [0.15, 0.2) is 24.3 Å². The van der Waals surface area contributed by atoms with E-state index in [0.717, 1.165) is 12.0 Å². The highest BCUT2D eigenvalue weighted by molar-refractivity contribution is 5.68. The molecule has 1 saturated heterocycles. The van der Waals surface area contributed by atoms with Crippen LogP contribution in [0.3, 0.4) is 0 Å². The van der Waals surface area contributed by atoms with Crippen molar-refractivity contribution in [1.29, 1.82) is 0 Å². The number of hydrogen-bond acceptors (Lipinski definition) is 3. The molecular formula is C17H24FNO3. The predicted octanol–water partition coefficient (Wildman–Crippen LogP) is 3.16. The second-order valence-electron chi connectivity index (χ2n) is 6.82. The lowest BCUT2D eigenvalue weighted by Gasteiger charge is -2.38. The third-order valence-electron chi connectivity index (χ3n) is 3.92. The third kappa shape index (κ3) is 4.19. The number of ether oxygens (including phenoxy) is 1. The van der Waals surface area contributed by atoms with Gasteiger partial charge in [-0.2, -0.15) is 0 Å². The summed E-state index contributed by atoms with van der Waals surface area (Å²) >= 11 is 0. The summed E-state index contributed by atoms with van der Waals surface area (Å²) in [5, 5.41) is 9.66. The maximum absolute atomic E-state index is 13.0. The topological polar surface area (TPSA) is 49.8 Å². The average Bonchev–Trinajstić information content (AvgIpc) is 2.45. The lowest BCUT2D eigenvalue weighted by molar-refractivity contribution is 0.0102. The maximum atomic E-state index is 13.0. The van der Waals surface area contributed by atoms with Crippen LogP contribution in [0.2, 0.25) is 0 Å². The monoisotopic (exact) mass is 309 g/mol. The number of benzene rings is 1. The van der Waals surface area contributed by atoms with Crippen molar-refractivity contribution in [2.24, 2.45) is 5.92 Å². The molecule has 2 rings (SSSR count). The quantitative estimate of drug-likeness (QED) is 0.913. The Hall–Kier alpha value is -1.62. The molecule has 0 radical (unpaired) electrons. The minimum atomic E-state index is -0.528. The standard InChI is InChI=1S/C17H24FNO3/c1-17(2,3)22-16(21)19-9-8-15(13(10-19)11-20)12-4-6-14(18)7-5-12/h4-7,13,15,20H,8-11H2,1-3H3/t13-,15+/m1/s1. The molecule has 1 aliphatic heterocycles. The van der Waals surface area contributed by atoms with Crippen LogP contribution in [-0.2, 0) is 4.74 Å². The summed E-state index contributed by atoms with van der Waals surface area (Å²) in [5.74, 6) is -0.202. The molecule has 0 spiro atoms. The highest BCUT2D eigenvalue weighted by Crippen LogP contribution is 2.33. The van der Waals surface area contributed by atoms with Gasteiger partial charge in [0.25, 0.3) is 0 Å². The van der Waals surface area contributed by atoms with Crippen molar-refractivity contribution < 1.29 is 19.0 Å². The summed E-state index contributed by atoms with van der Waals surface area (Å²) in [7, 11) is 0. The van der Waals surface area contributed by atoms with Crippen LogP contribution >= 0.6 is 0 Å². The van der Waals surface area contributed by atoms with E-state index < -0.39 is 5.60 Å². The average molecular weight is 309 g/mol. The highest BCUT2D eigenvalue weighted by Gasteiger charge is 2.33. The van der Waals surface area contributed by atoms with Gasteiger partial charge in [0.1, 0.15) is 11.4 Å². The molecule has 22 heavy (non-hydrogen) atoms. The van der Waals surface area contributed by atoms with Crippen molar-refractivity contribution in [3.05, 3.63) is 35.6 Å². The van der Waals surface area contributed by atoms with Gasteiger partial charge in [0, 0.05) is 25.6 Å². The summed E-state index contributed by atoms with van der Waals surface area (Å²) in [5.41, 5.74) is 0.476. The Kier molecular flexibility index (Phi) is 5.06. The largest absolute Gasteiger partial charge is 0.444 e. The van der Waals surface area contributed by atoms with Gasteiger partial charge in [-0.05, 0) is 50.8 Å². The van der Waals surface area contributed by atoms with Crippen LogP contribution in [0.5, 0.6) is 0 Å². The summed E-state index contributed by atoms with van der Waals surface area (Å²) in [4.78, 5) is 13.8. The number of aliphatic hydroxyl groups excluding tert-OH is 1. The Morgan fingerprint density at radius 3 is 2.55 bits per heavy atom. The smallest absolute Gasteiger partial charge is 0.410 e. The van der Waals surface area contributed by atoms with Gasteiger partial charge in [0.15, 0.2) is 0 Å². The number of carbonyl (C=O) groups excluding carboxylic acids is 1. The number of rotatable bonds is 2. The van der Waals surface area contributed by atoms with E-state index in [-0.39, 0.29) is 30.4 Å². The van der Waals surface area contributed by atoms with Crippen LogP contribution in [-0.4, -0.2) is 41.4 Å². The van der Waals surface area contributed by atoms with Crippen LogP contribution in [0.1, 0.15) is 38.7 Å². The number of amides is 1. The molecular weight excluding hydrogens is 285 g/mol. The fourth-order valence-electron chi connectivity index (χ4n) is 2.86. The zero-order valence-corrected chi connectivity index (χ0v) is 13.4. The van der Waals surface area contributed by atoms with Crippen LogP contribution in [0, 0.1) is 11.7 Å². The van der Waals surface area contributed by atoms with Crippen molar-refractivity contribution in [1.82, 2.24) is 4.90 Å². The van der Waals surface area contributed by atoms with E-state index in [1.54, 1.807) is 17.0 Å². The number of piperidine rings is 1. The molecule has 122 valence electrons. The Morgan fingerprint density at radius 1 is 1.36 bits per heavy atom. The molecule has 0 aromatic heterocycles. The first kappa shape index (κ1) is 16.7. The number of carbonyl (C=O) groups is 1. The first-order valence-electron chi connectivity index (χ1n) is 7.64. The molecule has 1 amide bonds.